The highest BCUT2D eigenvalue weighted by Crippen LogP contribution is 2.18. The molecule has 4 N–H and O–H groups in total. The molecule has 0 aliphatic carbocycles. The molecular weight excluding hydrogens is 204 g/mol. The maximum absolute atomic E-state index is 11.3. The van der Waals surface area contributed by atoms with E-state index >= 15 is 0 Å². The molecule has 0 aromatic rings. The van der Waals surface area contributed by atoms with Gasteiger partial charge in [0.25, 0.3) is 5.91 Å². The van der Waals surface area contributed by atoms with Gasteiger partial charge in [0.15, 0.2) is 6.61 Å². The molecule has 2 atom stereocenters. The molecular formula is C8H14N2O5. The third-order valence-electron chi connectivity index (χ3n) is 2.03. The maximum atomic E-state index is 11.3. The number of amides is 1. The van der Waals surface area contributed by atoms with Gasteiger partial charge < -0.3 is 15.6 Å². The second kappa shape index (κ2) is 5.64. The van der Waals surface area contributed by atoms with Gasteiger partial charge in [-0.05, 0) is 12.8 Å². The number of nitrogens with one attached hydrogen (secondary N) is 1. The van der Waals surface area contributed by atoms with Crippen LogP contribution in [0.25, 0.3) is 0 Å². The summed E-state index contributed by atoms with van der Waals surface area (Å²) >= 11 is 0. The van der Waals surface area contributed by atoms with Gasteiger partial charge in [0, 0.05) is 6.54 Å². The molecule has 15 heavy (non-hydrogen) atoms. The minimum absolute atomic E-state index is 0.0970. The number of carboxylic acid groups (broad SMARTS) is 1. The van der Waals surface area contributed by atoms with E-state index in [1.807, 2.05) is 5.48 Å². The van der Waals surface area contributed by atoms with Crippen LogP contribution in [0.5, 0.6) is 0 Å². The van der Waals surface area contributed by atoms with Crippen LogP contribution in [0.15, 0.2) is 0 Å². The van der Waals surface area contributed by atoms with Gasteiger partial charge in [-0.2, -0.15) is 0 Å². The summed E-state index contributed by atoms with van der Waals surface area (Å²) in [5, 5.41) is 8.25. The predicted molar refractivity (Wildman–Crippen MR) is 48.7 cm³/mol. The maximum Gasteiger partial charge on any atom is 0.332 e. The van der Waals surface area contributed by atoms with Crippen molar-refractivity contribution in [3.8, 4) is 0 Å². The number of ether oxygens (including phenoxy) is 1. The minimum atomic E-state index is -1.15. The molecule has 7 nitrogen and oxygen atoms in total. The Kier molecular flexibility index (Phi) is 4.47. The van der Waals surface area contributed by atoms with E-state index in [2.05, 4.69) is 4.84 Å². The Morgan fingerprint density at radius 1 is 1.53 bits per heavy atom. The lowest BCUT2D eigenvalue weighted by Crippen LogP contribution is -2.36. The van der Waals surface area contributed by atoms with Crippen LogP contribution in [-0.2, 0) is 19.2 Å². The summed E-state index contributed by atoms with van der Waals surface area (Å²) in [5.74, 6) is -1.62. The smallest absolute Gasteiger partial charge is 0.332 e. The fourth-order valence-corrected chi connectivity index (χ4v) is 1.31. The summed E-state index contributed by atoms with van der Waals surface area (Å²) in [4.78, 5) is 25.8. The van der Waals surface area contributed by atoms with Gasteiger partial charge in [0.2, 0.25) is 0 Å². The van der Waals surface area contributed by atoms with Crippen molar-refractivity contribution >= 4 is 11.9 Å². The number of aliphatic carboxylic acids is 1. The van der Waals surface area contributed by atoms with Crippen LogP contribution in [0.2, 0.25) is 0 Å². The van der Waals surface area contributed by atoms with Crippen LogP contribution >= 0.6 is 0 Å². The van der Waals surface area contributed by atoms with E-state index in [4.69, 9.17) is 15.6 Å². The number of nitrogens with two attached hydrogens (primary N) is 1. The van der Waals surface area contributed by atoms with E-state index < -0.39 is 24.6 Å². The molecule has 0 spiro atoms. The molecule has 1 rings (SSSR count). The molecule has 1 heterocycles. The highest BCUT2D eigenvalue weighted by molar-refractivity contribution is 5.80. The first-order valence-corrected chi connectivity index (χ1v) is 4.62. The van der Waals surface area contributed by atoms with Crippen molar-refractivity contribution in [2.45, 2.75) is 25.0 Å². The van der Waals surface area contributed by atoms with E-state index in [-0.39, 0.29) is 6.10 Å². The molecule has 1 aliphatic rings. The Labute approximate surface area is 86.5 Å². The SMILES string of the molecule is NCC1CCC(C(=O)NOCC(=O)O)O1. The first-order valence-electron chi connectivity index (χ1n) is 4.62. The molecule has 1 fully saturated rings. The average Bonchev–Trinajstić information content (AvgIpc) is 2.65. The van der Waals surface area contributed by atoms with Gasteiger partial charge in [-0.3, -0.25) is 9.63 Å². The van der Waals surface area contributed by atoms with Crippen LogP contribution in [0.1, 0.15) is 12.8 Å². The van der Waals surface area contributed by atoms with Gasteiger partial charge in [-0.25, -0.2) is 10.3 Å². The summed E-state index contributed by atoms with van der Waals surface area (Å²) in [6, 6.07) is 0. The first kappa shape index (κ1) is 11.9. The predicted octanol–water partition coefficient (Wildman–Crippen LogP) is -1.37. The van der Waals surface area contributed by atoms with Gasteiger partial charge in [-0.1, -0.05) is 0 Å². The number of hydroxylamine groups is 1. The number of carboxylic acids is 1. The Balaban J connectivity index is 2.20. The zero-order valence-corrected chi connectivity index (χ0v) is 8.14. The van der Waals surface area contributed by atoms with Gasteiger partial charge in [0.1, 0.15) is 6.10 Å². The van der Waals surface area contributed by atoms with Gasteiger partial charge in [0.05, 0.1) is 6.10 Å². The van der Waals surface area contributed by atoms with Crippen LogP contribution in [0.3, 0.4) is 0 Å². The molecule has 0 radical (unpaired) electrons. The number of carbonyl (C=O) groups is 2. The molecule has 2 unspecified atom stereocenters. The highest BCUT2D eigenvalue weighted by atomic mass is 16.7. The highest BCUT2D eigenvalue weighted by Gasteiger charge is 2.29. The largest absolute Gasteiger partial charge is 0.479 e. The van der Waals surface area contributed by atoms with E-state index in [0.717, 1.165) is 6.42 Å². The second-order valence-electron chi connectivity index (χ2n) is 3.21. The van der Waals surface area contributed by atoms with Crippen LogP contribution in [0.4, 0.5) is 0 Å². The fraction of sp³-hybridized carbons (Fsp3) is 0.750. The van der Waals surface area contributed by atoms with Crippen molar-refractivity contribution in [2.75, 3.05) is 13.2 Å². The fourth-order valence-electron chi connectivity index (χ4n) is 1.31. The Morgan fingerprint density at radius 2 is 2.27 bits per heavy atom. The zero-order chi connectivity index (χ0) is 11.3. The normalized spacial score (nSPS) is 25.1. The number of rotatable bonds is 5. The standard InChI is InChI=1S/C8H14N2O5/c9-3-5-1-2-6(15-5)8(13)10-14-4-7(11)12/h5-6H,1-4,9H2,(H,10,13)(H,11,12). The van der Waals surface area contributed by atoms with Crippen LogP contribution < -0.4 is 11.2 Å². The van der Waals surface area contributed by atoms with Crippen LogP contribution in [0, 0.1) is 0 Å². The molecule has 0 bridgehead atoms. The molecule has 0 saturated carbocycles. The lowest BCUT2D eigenvalue weighted by atomic mass is 10.2. The number of carbonyl (C=O) groups excluding carboxylic acids is 1. The Bertz CT molecular complexity index is 245. The van der Waals surface area contributed by atoms with Crippen molar-refractivity contribution in [3.05, 3.63) is 0 Å². The Hall–Kier alpha value is -1.18. The molecule has 1 aliphatic heterocycles. The first-order chi connectivity index (χ1) is 7.13. The van der Waals surface area contributed by atoms with Gasteiger partial charge >= 0.3 is 5.97 Å². The zero-order valence-electron chi connectivity index (χ0n) is 8.14. The summed E-state index contributed by atoms with van der Waals surface area (Å²) in [5.41, 5.74) is 7.39. The third kappa shape index (κ3) is 3.82. The summed E-state index contributed by atoms with van der Waals surface area (Å²) in [6.07, 6.45) is 0.616. The van der Waals surface area contributed by atoms with Gasteiger partial charge in [-0.15, -0.1) is 0 Å². The quantitative estimate of drug-likeness (QED) is 0.491. The van der Waals surface area contributed by atoms with Crippen molar-refractivity contribution in [1.82, 2.24) is 5.48 Å². The lowest BCUT2D eigenvalue weighted by Gasteiger charge is -2.11. The minimum Gasteiger partial charge on any atom is -0.479 e. The third-order valence-corrected chi connectivity index (χ3v) is 2.03. The second-order valence-corrected chi connectivity index (χ2v) is 3.21. The Morgan fingerprint density at radius 3 is 2.80 bits per heavy atom. The van der Waals surface area contributed by atoms with Crippen molar-refractivity contribution < 1.29 is 24.3 Å². The number of hydrogen-bond acceptors (Lipinski definition) is 5. The topological polar surface area (TPSA) is 111 Å². The average molecular weight is 218 g/mol. The number of hydrogen-bond donors (Lipinski definition) is 3. The van der Waals surface area contributed by atoms with E-state index in [0.29, 0.717) is 13.0 Å². The van der Waals surface area contributed by atoms with E-state index in [1.165, 1.54) is 0 Å². The van der Waals surface area contributed by atoms with E-state index in [9.17, 15) is 9.59 Å². The van der Waals surface area contributed by atoms with Crippen molar-refractivity contribution in [2.24, 2.45) is 5.73 Å². The summed E-state index contributed by atoms with van der Waals surface area (Å²) < 4.78 is 5.27. The molecule has 1 saturated heterocycles. The van der Waals surface area contributed by atoms with Crippen molar-refractivity contribution in [1.29, 1.82) is 0 Å². The van der Waals surface area contributed by atoms with Crippen molar-refractivity contribution in [3.63, 3.8) is 0 Å². The lowest BCUT2D eigenvalue weighted by molar-refractivity contribution is -0.153. The van der Waals surface area contributed by atoms with E-state index in [1.54, 1.807) is 0 Å². The monoisotopic (exact) mass is 218 g/mol. The molecule has 0 aromatic carbocycles. The molecule has 7 heteroatoms. The molecule has 86 valence electrons. The molecule has 0 aromatic heterocycles. The molecule has 1 amide bonds. The summed E-state index contributed by atoms with van der Waals surface area (Å²) in [7, 11) is 0. The van der Waals surface area contributed by atoms with Crippen LogP contribution in [-0.4, -0.2) is 42.3 Å². The summed E-state index contributed by atoms with van der Waals surface area (Å²) in [6.45, 7) is -0.196.